The van der Waals surface area contributed by atoms with Gasteiger partial charge in [0.05, 0.1) is 19.1 Å². The Kier molecular flexibility index (Phi) is 7.83. The molecule has 0 heterocycles. The molecule has 3 aromatic rings. The summed E-state index contributed by atoms with van der Waals surface area (Å²) in [5, 5.41) is 16.5. The lowest BCUT2D eigenvalue weighted by Crippen LogP contribution is -2.30. The minimum absolute atomic E-state index is 0.0643. The molecule has 0 saturated carbocycles. The quantitative estimate of drug-likeness (QED) is 0.274. The Morgan fingerprint density at radius 3 is 2.18 bits per heavy atom. The Balaban J connectivity index is 1.92. The summed E-state index contributed by atoms with van der Waals surface area (Å²) < 4.78 is 10.5. The minimum Gasteiger partial charge on any atom is -0.493 e. The number of nitrogens with one attached hydrogen (secondary N) is 2. The molecule has 0 atom stereocenters. The Morgan fingerprint density at radius 2 is 1.59 bits per heavy atom. The van der Waals surface area contributed by atoms with Gasteiger partial charge in [0, 0.05) is 28.4 Å². The number of nitro benzene ring substituents is 1. The molecule has 3 aromatic carbocycles. The van der Waals surface area contributed by atoms with Crippen LogP contribution in [0.5, 0.6) is 11.5 Å². The van der Waals surface area contributed by atoms with Gasteiger partial charge < -0.3 is 20.1 Å². The van der Waals surface area contributed by atoms with Gasteiger partial charge in [-0.15, -0.1) is 0 Å². The van der Waals surface area contributed by atoms with Crippen LogP contribution in [0.2, 0.25) is 5.02 Å². The van der Waals surface area contributed by atoms with Crippen LogP contribution in [0.15, 0.2) is 72.4 Å². The average Bonchev–Trinajstić information content (AvgIpc) is 2.84. The molecular weight excluding hydrogens is 462 g/mol. The lowest BCUT2D eigenvalue weighted by atomic mass is 10.1. The predicted molar refractivity (Wildman–Crippen MR) is 128 cm³/mol. The van der Waals surface area contributed by atoms with Crippen molar-refractivity contribution in [3.05, 3.63) is 98.7 Å². The zero-order valence-corrected chi connectivity index (χ0v) is 19.0. The van der Waals surface area contributed by atoms with Gasteiger partial charge in [-0.25, -0.2) is 0 Å². The molecular formula is C24H20ClN3O6. The van der Waals surface area contributed by atoms with Crippen molar-refractivity contribution in [2.24, 2.45) is 0 Å². The van der Waals surface area contributed by atoms with E-state index in [4.69, 9.17) is 21.1 Å². The summed E-state index contributed by atoms with van der Waals surface area (Å²) >= 11 is 5.88. The van der Waals surface area contributed by atoms with Crippen molar-refractivity contribution in [1.29, 1.82) is 0 Å². The maximum atomic E-state index is 13.0. The molecule has 9 nitrogen and oxygen atoms in total. The summed E-state index contributed by atoms with van der Waals surface area (Å²) in [5.74, 6) is -0.217. The van der Waals surface area contributed by atoms with Gasteiger partial charge >= 0.3 is 0 Å². The van der Waals surface area contributed by atoms with E-state index in [0.717, 1.165) is 0 Å². The molecule has 3 rings (SSSR count). The van der Waals surface area contributed by atoms with Crippen molar-refractivity contribution in [3.63, 3.8) is 0 Å². The number of methoxy groups -OCH3 is 2. The summed E-state index contributed by atoms with van der Waals surface area (Å²) in [6.45, 7) is 0. The second-order valence-electron chi connectivity index (χ2n) is 6.89. The Bertz CT molecular complexity index is 1240. The molecule has 0 fully saturated rings. The number of halogens is 1. The molecule has 0 radical (unpaired) electrons. The standard InChI is InChI=1S/C24H20ClN3O6/c1-33-21-12-3-15(14-22(21)34-2)13-20(27-23(29)16-4-6-17(25)7-5-16)24(30)26-18-8-10-19(11-9-18)28(31)32/h3-14H,1-2H3,(H,26,30)(H,27,29)/b20-13+. The number of nitrogens with zero attached hydrogens (tertiary/aromatic N) is 1. The topological polar surface area (TPSA) is 120 Å². The van der Waals surface area contributed by atoms with Crippen LogP contribution in [-0.2, 0) is 4.79 Å². The van der Waals surface area contributed by atoms with Crippen molar-refractivity contribution in [2.75, 3.05) is 19.5 Å². The highest BCUT2D eigenvalue weighted by Crippen LogP contribution is 2.28. The molecule has 34 heavy (non-hydrogen) atoms. The van der Waals surface area contributed by atoms with Gasteiger partial charge in [-0.05, 0) is 60.2 Å². The number of nitro groups is 1. The molecule has 2 amide bonds. The molecule has 0 unspecified atom stereocenters. The SMILES string of the molecule is COc1ccc(/C=C(/NC(=O)c2ccc(Cl)cc2)C(=O)Nc2ccc([N+](=O)[O-])cc2)cc1OC. The molecule has 2 N–H and O–H groups in total. The fraction of sp³-hybridized carbons (Fsp3) is 0.0833. The number of carbonyl (C=O) groups excluding carboxylic acids is 2. The molecule has 0 bridgehead atoms. The van der Waals surface area contributed by atoms with Gasteiger partial charge in [-0.1, -0.05) is 17.7 Å². The maximum absolute atomic E-state index is 13.0. The number of ether oxygens (including phenoxy) is 2. The highest BCUT2D eigenvalue weighted by atomic mass is 35.5. The number of benzene rings is 3. The molecule has 0 spiro atoms. The first-order chi connectivity index (χ1) is 16.3. The van der Waals surface area contributed by atoms with Gasteiger partial charge in [-0.2, -0.15) is 0 Å². The van der Waals surface area contributed by atoms with Crippen molar-refractivity contribution in [3.8, 4) is 11.5 Å². The molecule has 0 aliphatic rings. The monoisotopic (exact) mass is 481 g/mol. The summed E-state index contributed by atoms with van der Waals surface area (Å²) in [6.07, 6.45) is 1.47. The largest absolute Gasteiger partial charge is 0.493 e. The first-order valence-corrected chi connectivity index (χ1v) is 10.2. The van der Waals surface area contributed by atoms with Crippen LogP contribution >= 0.6 is 11.6 Å². The Labute approximate surface area is 200 Å². The van der Waals surface area contributed by atoms with E-state index in [1.807, 2.05) is 0 Å². The predicted octanol–water partition coefficient (Wildman–Crippen LogP) is 4.68. The van der Waals surface area contributed by atoms with Gasteiger partial charge in [0.1, 0.15) is 5.70 Å². The first-order valence-electron chi connectivity index (χ1n) is 9.87. The van der Waals surface area contributed by atoms with Crippen molar-refractivity contribution < 1.29 is 24.0 Å². The average molecular weight is 482 g/mol. The Morgan fingerprint density at radius 1 is 0.941 bits per heavy atom. The lowest BCUT2D eigenvalue weighted by molar-refractivity contribution is -0.384. The first kappa shape index (κ1) is 24.3. The number of hydrogen-bond acceptors (Lipinski definition) is 6. The van der Waals surface area contributed by atoms with Crippen molar-refractivity contribution in [2.45, 2.75) is 0 Å². The van der Waals surface area contributed by atoms with E-state index in [0.29, 0.717) is 33.3 Å². The van der Waals surface area contributed by atoms with Crippen LogP contribution in [-0.4, -0.2) is 31.0 Å². The van der Waals surface area contributed by atoms with Crippen molar-refractivity contribution in [1.82, 2.24) is 5.32 Å². The number of rotatable bonds is 8. The van der Waals surface area contributed by atoms with Crippen LogP contribution in [0.25, 0.3) is 6.08 Å². The summed E-state index contributed by atoms with van der Waals surface area (Å²) in [4.78, 5) is 36.1. The summed E-state index contributed by atoms with van der Waals surface area (Å²) in [5.41, 5.74) is 0.990. The number of carbonyl (C=O) groups is 2. The second kappa shape index (κ2) is 11.0. The van der Waals surface area contributed by atoms with Gasteiger partial charge in [0.2, 0.25) is 0 Å². The summed E-state index contributed by atoms with van der Waals surface area (Å²) in [7, 11) is 2.98. The maximum Gasteiger partial charge on any atom is 0.272 e. The molecule has 0 saturated heterocycles. The highest BCUT2D eigenvalue weighted by molar-refractivity contribution is 6.30. The van der Waals surface area contributed by atoms with E-state index in [1.165, 1.54) is 56.7 Å². The molecule has 10 heteroatoms. The second-order valence-corrected chi connectivity index (χ2v) is 7.33. The molecule has 0 aliphatic carbocycles. The fourth-order valence-corrected chi connectivity index (χ4v) is 3.05. The number of non-ortho nitro benzene ring substituents is 1. The van der Waals surface area contributed by atoms with Crippen LogP contribution in [0, 0.1) is 10.1 Å². The van der Waals surface area contributed by atoms with E-state index in [9.17, 15) is 19.7 Å². The van der Waals surface area contributed by atoms with E-state index in [2.05, 4.69) is 10.6 Å². The van der Waals surface area contributed by atoms with E-state index in [-0.39, 0.29) is 11.4 Å². The lowest BCUT2D eigenvalue weighted by Gasteiger charge is -2.12. The third-order valence-corrected chi connectivity index (χ3v) is 4.91. The smallest absolute Gasteiger partial charge is 0.272 e. The number of anilines is 1. The zero-order valence-electron chi connectivity index (χ0n) is 18.2. The van der Waals surface area contributed by atoms with Crippen LogP contribution < -0.4 is 20.1 Å². The highest BCUT2D eigenvalue weighted by Gasteiger charge is 2.16. The number of amides is 2. The van der Waals surface area contributed by atoms with E-state index < -0.39 is 16.7 Å². The molecule has 0 aromatic heterocycles. The molecule has 174 valence electrons. The van der Waals surface area contributed by atoms with E-state index >= 15 is 0 Å². The minimum atomic E-state index is -0.633. The van der Waals surface area contributed by atoms with Gasteiger partial charge in [0.25, 0.3) is 17.5 Å². The van der Waals surface area contributed by atoms with E-state index in [1.54, 1.807) is 30.3 Å². The number of hydrogen-bond donors (Lipinski definition) is 2. The van der Waals surface area contributed by atoms with Gasteiger partial charge in [-0.3, -0.25) is 19.7 Å². The van der Waals surface area contributed by atoms with Crippen LogP contribution in [0.4, 0.5) is 11.4 Å². The third-order valence-electron chi connectivity index (χ3n) is 4.65. The molecule has 0 aliphatic heterocycles. The van der Waals surface area contributed by atoms with Crippen LogP contribution in [0.1, 0.15) is 15.9 Å². The Hall–Kier alpha value is -4.37. The summed E-state index contributed by atoms with van der Waals surface area (Å²) in [6, 6.07) is 16.5. The normalized spacial score (nSPS) is 10.9. The van der Waals surface area contributed by atoms with Crippen LogP contribution in [0.3, 0.4) is 0 Å². The zero-order chi connectivity index (χ0) is 24.7. The fourth-order valence-electron chi connectivity index (χ4n) is 2.93. The van der Waals surface area contributed by atoms with Gasteiger partial charge in [0.15, 0.2) is 11.5 Å². The third kappa shape index (κ3) is 6.11. The van der Waals surface area contributed by atoms with Crippen molar-refractivity contribution >= 4 is 40.9 Å².